The number of para-hydroxylation sites is 1. The molecule has 1 saturated heterocycles. The number of amides is 2. The van der Waals surface area contributed by atoms with Crippen LogP contribution in [0.2, 0.25) is 0 Å². The average molecular weight is 288 g/mol. The van der Waals surface area contributed by atoms with E-state index in [4.69, 9.17) is 0 Å². The second-order valence-electron chi connectivity index (χ2n) is 6.84. The maximum absolute atomic E-state index is 12.4. The van der Waals surface area contributed by atoms with E-state index in [1.54, 1.807) is 4.90 Å². The van der Waals surface area contributed by atoms with Gasteiger partial charge in [0.1, 0.15) is 6.04 Å². The van der Waals surface area contributed by atoms with Gasteiger partial charge in [0.25, 0.3) is 0 Å². The summed E-state index contributed by atoms with van der Waals surface area (Å²) in [5.41, 5.74) is 0.720. The zero-order chi connectivity index (χ0) is 15.5. The van der Waals surface area contributed by atoms with Gasteiger partial charge in [0.15, 0.2) is 0 Å². The first kappa shape index (κ1) is 15.5. The maximum atomic E-state index is 12.4. The van der Waals surface area contributed by atoms with E-state index in [1.807, 2.05) is 51.1 Å². The van der Waals surface area contributed by atoms with Crippen molar-refractivity contribution in [1.29, 1.82) is 0 Å². The molecule has 1 aliphatic rings. The number of hydrogen-bond donors (Lipinski definition) is 1. The normalized spacial score (nSPS) is 18.6. The summed E-state index contributed by atoms with van der Waals surface area (Å²) in [7, 11) is 0. The summed E-state index contributed by atoms with van der Waals surface area (Å²) in [6.07, 6.45) is 2.11. The number of nitrogens with one attached hydrogen (secondary N) is 1. The van der Waals surface area contributed by atoms with E-state index in [1.165, 1.54) is 0 Å². The Bertz CT molecular complexity index is 505. The lowest BCUT2D eigenvalue weighted by atomic mass is 9.91. The minimum Gasteiger partial charge on any atom is -0.331 e. The number of carbonyl (C=O) groups excluding carboxylic acids is 2. The van der Waals surface area contributed by atoms with Gasteiger partial charge in [0.2, 0.25) is 11.8 Å². The number of likely N-dealkylation sites (tertiary alicyclic amines) is 1. The fourth-order valence-electron chi connectivity index (χ4n) is 2.64. The Morgan fingerprint density at radius 2 is 1.90 bits per heavy atom. The molecular weight excluding hydrogens is 264 g/mol. The molecule has 0 aromatic heterocycles. The van der Waals surface area contributed by atoms with Crippen molar-refractivity contribution >= 4 is 17.5 Å². The fraction of sp³-hybridized carbons (Fsp3) is 0.529. The third-order valence-corrected chi connectivity index (χ3v) is 3.60. The second-order valence-corrected chi connectivity index (χ2v) is 6.84. The summed E-state index contributed by atoms with van der Waals surface area (Å²) < 4.78 is 0. The Balaban J connectivity index is 2.01. The summed E-state index contributed by atoms with van der Waals surface area (Å²) >= 11 is 0. The molecular formula is C17H24N2O2. The summed E-state index contributed by atoms with van der Waals surface area (Å²) in [6, 6.07) is 9.05. The zero-order valence-electron chi connectivity index (χ0n) is 13.1. The number of anilines is 1. The molecule has 1 unspecified atom stereocenters. The molecule has 0 spiro atoms. The Morgan fingerprint density at radius 3 is 2.52 bits per heavy atom. The lowest BCUT2D eigenvalue weighted by Crippen LogP contribution is -2.44. The predicted molar refractivity (Wildman–Crippen MR) is 83.9 cm³/mol. The molecule has 114 valence electrons. The van der Waals surface area contributed by atoms with Crippen molar-refractivity contribution in [3.63, 3.8) is 0 Å². The molecule has 2 amide bonds. The Hall–Kier alpha value is -1.84. The van der Waals surface area contributed by atoms with Crippen molar-refractivity contribution in [2.45, 2.75) is 46.1 Å². The van der Waals surface area contributed by atoms with Crippen molar-refractivity contribution in [2.24, 2.45) is 5.41 Å². The molecule has 2 rings (SSSR count). The van der Waals surface area contributed by atoms with Crippen LogP contribution in [-0.2, 0) is 9.59 Å². The first-order valence-electron chi connectivity index (χ1n) is 7.52. The molecule has 1 heterocycles. The molecule has 0 bridgehead atoms. The highest BCUT2D eigenvalue weighted by molar-refractivity contribution is 5.97. The van der Waals surface area contributed by atoms with Gasteiger partial charge in [-0.25, -0.2) is 0 Å². The molecule has 1 aromatic carbocycles. The highest BCUT2D eigenvalue weighted by Crippen LogP contribution is 2.25. The van der Waals surface area contributed by atoms with Crippen molar-refractivity contribution in [3.05, 3.63) is 30.3 Å². The molecule has 1 aliphatic heterocycles. The topological polar surface area (TPSA) is 49.4 Å². The minimum absolute atomic E-state index is 0.0554. The second kappa shape index (κ2) is 6.29. The van der Waals surface area contributed by atoms with Crippen LogP contribution < -0.4 is 5.32 Å². The van der Waals surface area contributed by atoms with E-state index in [2.05, 4.69) is 5.32 Å². The largest absolute Gasteiger partial charge is 0.331 e. The van der Waals surface area contributed by atoms with Gasteiger partial charge in [-0.1, -0.05) is 39.0 Å². The third-order valence-electron chi connectivity index (χ3n) is 3.60. The van der Waals surface area contributed by atoms with Crippen LogP contribution in [0.3, 0.4) is 0 Å². The van der Waals surface area contributed by atoms with Crippen LogP contribution in [0.15, 0.2) is 30.3 Å². The molecule has 4 nitrogen and oxygen atoms in total. The van der Waals surface area contributed by atoms with Crippen LogP contribution in [0.4, 0.5) is 5.69 Å². The summed E-state index contributed by atoms with van der Waals surface area (Å²) in [4.78, 5) is 26.5. The van der Waals surface area contributed by atoms with Crippen molar-refractivity contribution in [2.75, 3.05) is 11.9 Å². The van der Waals surface area contributed by atoms with Crippen molar-refractivity contribution < 1.29 is 9.59 Å². The van der Waals surface area contributed by atoms with E-state index in [9.17, 15) is 9.59 Å². The highest BCUT2D eigenvalue weighted by atomic mass is 16.2. The van der Waals surface area contributed by atoms with Crippen LogP contribution in [0, 0.1) is 5.41 Å². The number of carbonyl (C=O) groups is 2. The van der Waals surface area contributed by atoms with E-state index in [0.717, 1.165) is 18.5 Å². The van der Waals surface area contributed by atoms with Crippen LogP contribution in [0.25, 0.3) is 0 Å². The fourth-order valence-corrected chi connectivity index (χ4v) is 2.64. The van der Waals surface area contributed by atoms with Gasteiger partial charge in [-0.05, 0) is 30.4 Å². The standard InChI is InChI=1S/C17H24N2O2/c1-17(2,3)12-15(20)19-11-7-10-14(19)16(21)18-13-8-5-4-6-9-13/h4-6,8-9,14H,7,10-12H2,1-3H3,(H,18,21). The van der Waals surface area contributed by atoms with Crippen molar-refractivity contribution in [3.8, 4) is 0 Å². The monoisotopic (exact) mass is 288 g/mol. The van der Waals surface area contributed by atoms with Gasteiger partial charge in [0.05, 0.1) is 0 Å². The zero-order valence-corrected chi connectivity index (χ0v) is 13.1. The maximum Gasteiger partial charge on any atom is 0.247 e. The lowest BCUT2D eigenvalue weighted by molar-refractivity contribution is -0.138. The minimum atomic E-state index is -0.333. The van der Waals surface area contributed by atoms with Gasteiger partial charge >= 0.3 is 0 Å². The van der Waals surface area contributed by atoms with Gasteiger partial charge < -0.3 is 10.2 Å². The molecule has 21 heavy (non-hydrogen) atoms. The van der Waals surface area contributed by atoms with Gasteiger partial charge in [-0.2, -0.15) is 0 Å². The summed E-state index contributed by atoms with van der Waals surface area (Å²) in [5, 5.41) is 2.90. The quantitative estimate of drug-likeness (QED) is 0.929. The SMILES string of the molecule is CC(C)(C)CC(=O)N1CCCC1C(=O)Nc1ccccc1. The molecule has 1 aromatic rings. The highest BCUT2D eigenvalue weighted by Gasteiger charge is 2.35. The predicted octanol–water partition coefficient (Wildman–Crippen LogP) is 3.05. The van der Waals surface area contributed by atoms with E-state index < -0.39 is 0 Å². The first-order valence-corrected chi connectivity index (χ1v) is 7.52. The van der Waals surface area contributed by atoms with Crippen molar-refractivity contribution in [1.82, 2.24) is 4.90 Å². The van der Waals surface area contributed by atoms with Gasteiger partial charge in [-0.3, -0.25) is 9.59 Å². The number of nitrogens with zero attached hydrogens (tertiary/aromatic N) is 1. The Kier molecular flexibility index (Phi) is 4.66. The molecule has 0 aliphatic carbocycles. The molecule has 1 fully saturated rings. The molecule has 0 saturated carbocycles. The van der Waals surface area contributed by atoms with E-state index in [-0.39, 0.29) is 23.3 Å². The number of hydrogen-bond acceptors (Lipinski definition) is 2. The Morgan fingerprint density at radius 1 is 1.24 bits per heavy atom. The van der Waals surface area contributed by atoms with Crippen LogP contribution in [-0.4, -0.2) is 29.3 Å². The number of rotatable bonds is 3. The molecule has 4 heteroatoms. The van der Waals surface area contributed by atoms with Crippen LogP contribution in [0.5, 0.6) is 0 Å². The molecule has 1 N–H and O–H groups in total. The van der Waals surface area contributed by atoms with E-state index >= 15 is 0 Å². The third kappa shape index (κ3) is 4.31. The van der Waals surface area contributed by atoms with E-state index in [0.29, 0.717) is 13.0 Å². The van der Waals surface area contributed by atoms with Gasteiger partial charge in [-0.15, -0.1) is 0 Å². The smallest absolute Gasteiger partial charge is 0.247 e. The first-order chi connectivity index (χ1) is 9.87. The molecule has 0 radical (unpaired) electrons. The average Bonchev–Trinajstić information content (AvgIpc) is 2.87. The lowest BCUT2D eigenvalue weighted by Gasteiger charge is -2.27. The summed E-state index contributed by atoms with van der Waals surface area (Å²) in [6.45, 7) is 6.81. The van der Waals surface area contributed by atoms with Gasteiger partial charge in [0, 0.05) is 18.7 Å². The Labute approximate surface area is 126 Å². The molecule has 1 atom stereocenters. The van der Waals surface area contributed by atoms with Crippen LogP contribution in [0.1, 0.15) is 40.0 Å². The summed E-state index contributed by atoms with van der Waals surface area (Å²) in [5.74, 6) is -0.00540. The van der Waals surface area contributed by atoms with Crippen LogP contribution >= 0.6 is 0 Å². The number of benzene rings is 1.